The zero-order valence-corrected chi connectivity index (χ0v) is 37.6. The molecule has 2 atom stereocenters. The number of quaternary nitrogens is 1. The second kappa shape index (κ2) is 18.7. The van der Waals surface area contributed by atoms with Crippen molar-refractivity contribution in [1.29, 1.82) is 0 Å². The molecule has 5 heterocycles. The number of phenols is 1. The molecule has 3 aliphatic heterocycles. The number of rotatable bonds is 15. The molecule has 20 nitrogen and oxygen atoms in total. The van der Waals surface area contributed by atoms with Gasteiger partial charge in [0.15, 0.2) is 22.2 Å². The Bertz CT molecular complexity index is 2130. The first-order chi connectivity index (χ1) is 26.0. The van der Waals surface area contributed by atoms with Gasteiger partial charge in [0, 0.05) is 41.0 Å². The molecule has 2 aromatic heterocycles. The monoisotopic (exact) mass is 862 g/mol. The van der Waals surface area contributed by atoms with Crippen LogP contribution in [0.15, 0.2) is 22.2 Å². The fourth-order valence-corrected chi connectivity index (χ4v) is 8.83. The van der Waals surface area contributed by atoms with Gasteiger partial charge in [-0.15, -0.1) is 23.1 Å². The van der Waals surface area contributed by atoms with E-state index in [1.165, 1.54) is 35.9 Å². The number of carbonyl (C=O) groups is 5. The molecule has 57 heavy (non-hydrogen) atoms. The zero-order valence-electron chi connectivity index (χ0n) is 31.2. The van der Waals surface area contributed by atoms with E-state index in [1.54, 1.807) is 0 Å². The number of aromatic carboxylic acids is 1. The maximum Gasteiger partial charge on any atom is 1.00 e. The number of likely N-dealkylation sites (tertiary alicyclic amines) is 1. The number of benzene rings is 1. The molecule has 2 saturated heterocycles. The summed E-state index contributed by atoms with van der Waals surface area (Å²) in [6, 6.07) is 0.852. The standard InChI is InChI=1S/C32H35ClN10O10S2.2Na/c1-32(2,30(51)52)53-39-21(18-13-55-31(34)36-18)19(44)10-17-27(48)42-22(25-37-40-41-38-25)14(12-54-28(17)42)11-43(6-3-4-7-43)8-5-35-26(47)15-9-16(29(49)50)23(45)24(46)20(15)33;;/h9,13,17,28H,3-8,10-12H2,1-2H3,(H7-,34,35,36,37,38,39,40,41,44,45,46,47,49,50,51,52);;/q;2*+1/p-2/t17-,28-;;/m1../s1. The number of amides is 2. The average Bonchev–Trinajstić information content (AvgIpc) is 3.93. The van der Waals surface area contributed by atoms with Crippen molar-refractivity contribution in [2.24, 2.45) is 11.1 Å². The Kier molecular flexibility index (Phi) is 15.2. The van der Waals surface area contributed by atoms with E-state index in [9.17, 15) is 44.4 Å². The number of halogens is 1. The molecule has 6 rings (SSSR count). The van der Waals surface area contributed by atoms with Crippen molar-refractivity contribution in [1.82, 2.24) is 35.8 Å². The minimum absolute atomic E-state index is 0. The number of nitrogen functional groups attached to an aromatic ring is 1. The molecule has 0 unspecified atom stereocenters. The fraction of sp³-hybridized carbons (Fsp3) is 0.438. The van der Waals surface area contributed by atoms with Gasteiger partial charge in [0.05, 0.1) is 60.5 Å². The normalized spacial score (nSPS) is 18.8. The van der Waals surface area contributed by atoms with Crippen molar-refractivity contribution in [2.75, 3.05) is 44.2 Å². The maximum atomic E-state index is 13.9. The quantitative estimate of drug-likeness (QED) is 0.0363. The molecule has 1 aromatic carbocycles. The Hall–Kier alpha value is -3.32. The third-order valence-electron chi connectivity index (χ3n) is 9.56. The largest absolute Gasteiger partial charge is 1.00 e. The van der Waals surface area contributed by atoms with Crippen molar-refractivity contribution in [2.45, 2.75) is 44.1 Å². The van der Waals surface area contributed by atoms with E-state index in [0.29, 0.717) is 29.0 Å². The second-order valence-electron chi connectivity index (χ2n) is 13.6. The predicted octanol–water partition coefficient (Wildman–Crippen LogP) is -6.80. The van der Waals surface area contributed by atoms with E-state index in [0.717, 1.165) is 48.9 Å². The molecule has 0 radical (unpaired) electrons. The molecule has 0 bridgehead atoms. The number of thiazole rings is 1. The number of nitrogens with zero attached hydrogens (tertiary/aromatic N) is 8. The van der Waals surface area contributed by atoms with E-state index < -0.39 is 62.6 Å². The number of fused-ring (bicyclic) bond motifs is 1. The van der Waals surface area contributed by atoms with Crippen molar-refractivity contribution >= 4 is 80.8 Å². The van der Waals surface area contributed by atoms with Gasteiger partial charge < -0.3 is 50.7 Å². The minimum atomic E-state index is -1.87. The number of thioether (sulfide) groups is 1. The number of carboxylic acids is 2. The van der Waals surface area contributed by atoms with Crippen LogP contribution in [0.2, 0.25) is 5.02 Å². The number of carbonyl (C=O) groups excluding carboxylic acids is 4. The summed E-state index contributed by atoms with van der Waals surface area (Å²) in [6.07, 6.45) is 1.48. The van der Waals surface area contributed by atoms with E-state index in [2.05, 4.69) is 36.1 Å². The van der Waals surface area contributed by atoms with Crippen LogP contribution in [-0.4, -0.2) is 125 Å². The number of hydrogen-bond donors (Lipinski definition) is 4. The number of tetrazole rings is 1. The van der Waals surface area contributed by atoms with Crippen molar-refractivity contribution < 1.29 is 113 Å². The molecule has 0 spiro atoms. The van der Waals surface area contributed by atoms with Gasteiger partial charge in [0.2, 0.25) is 5.91 Å². The van der Waals surface area contributed by atoms with Crippen molar-refractivity contribution in [3.63, 3.8) is 0 Å². The number of aromatic nitrogens is 5. The number of hydrogen-bond acceptors (Lipinski definition) is 17. The third kappa shape index (κ3) is 9.61. The molecule has 0 saturated carbocycles. The fourth-order valence-electron chi connectivity index (χ4n) is 6.65. The molecule has 2 fully saturated rings. The molecule has 0 aliphatic carbocycles. The third-order valence-corrected chi connectivity index (χ3v) is 12.0. The zero-order chi connectivity index (χ0) is 39.8. The second-order valence-corrected chi connectivity index (χ2v) is 16.0. The summed E-state index contributed by atoms with van der Waals surface area (Å²) in [5.74, 6) is -7.42. The Morgan fingerprint density at radius 1 is 1.23 bits per heavy atom. The van der Waals surface area contributed by atoms with Gasteiger partial charge >= 0.3 is 65.1 Å². The molecular weight excluding hydrogens is 830 g/mol. The number of anilines is 1. The van der Waals surface area contributed by atoms with Gasteiger partial charge in [-0.25, -0.2) is 9.78 Å². The van der Waals surface area contributed by atoms with Crippen LogP contribution in [0, 0.1) is 5.92 Å². The smallest absolute Gasteiger partial charge is 0.869 e. The molecule has 3 aliphatic rings. The van der Waals surface area contributed by atoms with Gasteiger partial charge in [-0.05, 0) is 25.7 Å². The first-order valence-corrected chi connectivity index (χ1v) is 19.0. The Morgan fingerprint density at radius 2 is 1.93 bits per heavy atom. The van der Waals surface area contributed by atoms with Crippen LogP contribution in [0.4, 0.5) is 5.13 Å². The number of ketones is 1. The number of nitrogens with one attached hydrogen (secondary N) is 1. The molecule has 25 heteroatoms. The van der Waals surface area contributed by atoms with Gasteiger partial charge in [0.25, 0.3) is 5.91 Å². The minimum Gasteiger partial charge on any atom is -0.869 e. The molecule has 2 amide bonds. The van der Waals surface area contributed by atoms with Crippen LogP contribution in [0.1, 0.15) is 65.3 Å². The van der Waals surface area contributed by atoms with Crippen LogP contribution in [0.5, 0.6) is 11.5 Å². The SMILES string of the molecule is CC(C)(O/N=C(\C(=O)C[C@@H]1C(=O)N2C(c3nnn[n-]3)=C(C[N+]3(CCNC(=O)c4cc(C(=O)O)c(O)c([O-])c4Cl)CCCC3)CS[C@H]12)c1csc(N)n1)C(=O)[O-].[Na+].[Na+]. The number of nitrogens with two attached hydrogens (primary N) is 1. The van der Waals surface area contributed by atoms with E-state index in [1.807, 2.05) is 0 Å². The topological polar surface area (TPSA) is 300 Å². The summed E-state index contributed by atoms with van der Waals surface area (Å²) in [7, 11) is 0. The van der Waals surface area contributed by atoms with Crippen LogP contribution < -0.4 is 85.5 Å². The van der Waals surface area contributed by atoms with Gasteiger partial charge in [-0.2, -0.15) is 5.21 Å². The number of carboxylic acid groups (broad SMARTS) is 2. The summed E-state index contributed by atoms with van der Waals surface area (Å²) in [5, 5.41) is 65.4. The van der Waals surface area contributed by atoms with Crippen LogP contribution in [0.3, 0.4) is 0 Å². The average molecular weight is 863 g/mol. The summed E-state index contributed by atoms with van der Waals surface area (Å²) >= 11 is 8.49. The van der Waals surface area contributed by atoms with Gasteiger partial charge in [-0.3, -0.25) is 29.6 Å². The van der Waals surface area contributed by atoms with Crippen LogP contribution >= 0.6 is 34.7 Å². The van der Waals surface area contributed by atoms with Gasteiger partial charge in [-0.1, -0.05) is 16.8 Å². The van der Waals surface area contributed by atoms with Crippen LogP contribution in [-0.2, 0) is 19.2 Å². The predicted molar refractivity (Wildman–Crippen MR) is 190 cm³/mol. The number of Topliss-reactive ketones (excluding diaryl/α,β-unsaturated/α-hetero) is 1. The maximum absolute atomic E-state index is 13.9. The first kappa shape index (κ1) is 46.4. The number of aliphatic carboxylic acids is 1. The van der Waals surface area contributed by atoms with Crippen LogP contribution in [0.25, 0.3) is 5.70 Å². The summed E-state index contributed by atoms with van der Waals surface area (Å²) in [4.78, 5) is 74.4. The summed E-state index contributed by atoms with van der Waals surface area (Å²) in [6.45, 7) is 4.86. The Morgan fingerprint density at radius 3 is 2.53 bits per heavy atom. The summed E-state index contributed by atoms with van der Waals surface area (Å²) in [5.41, 5.74) is 3.80. The van der Waals surface area contributed by atoms with E-state index in [4.69, 9.17) is 22.2 Å². The number of aromatic hydroxyl groups is 1. The van der Waals surface area contributed by atoms with Gasteiger partial charge in [0.1, 0.15) is 23.6 Å². The Labute approximate surface area is 381 Å². The molecule has 292 valence electrons. The molecule has 3 aromatic rings. The van der Waals surface area contributed by atoms with E-state index in [-0.39, 0.29) is 106 Å². The number of oxime groups is 1. The molecule has 5 N–H and O–H groups in total. The number of β-lactam (4-membered cyclic amide) rings is 1. The summed E-state index contributed by atoms with van der Waals surface area (Å²) < 4.78 is 0.505. The van der Waals surface area contributed by atoms with Crippen molar-refractivity contribution in [3.8, 4) is 11.5 Å². The Balaban J connectivity index is 0.00000360. The molecular formula is C32H33ClN10Na2O10S2. The first-order valence-electron chi connectivity index (χ1n) is 16.7. The van der Waals surface area contributed by atoms with Crippen molar-refractivity contribution in [3.05, 3.63) is 44.7 Å². The van der Waals surface area contributed by atoms with E-state index >= 15 is 0 Å².